The number of likely N-dealkylation sites (N-methyl/N-ethyl adjacent to an activating group) is 1. The Kier molecular flexibility index (Phi) is 14.9. The molecule has 0 radical (unpaired) electrons. The van der Waals surface area contributed by atoms with E-state index < -0.39 is 5.97 Å². The van der Waals surface area contributed by atoms with Crippen LogP contribution in [-0.2, 0) is 4.79 Å². The molecule has 0 saturated heterocycles. The normalized spacial score (nSPS) is 12.7. The second-order valence-corrected chi connectivity index (χ2v) is 6.86. The van der Waals surface area contributed by atoms with Gasteiger partial charge in [0.1, 0.15) is 0 Å². The van der Waals surface area contributed by atoms with Crippen molar-refractivity contribution in [3.63, 3.8) is 0 Å². The summed E-state index contributed by atoms with van der Waals surface area (Å²) in [6.45, 7) is 5.61. The zero-order chi connectivity index (χ0) is 16.6. The van der Waals surface area contributed by atoms with Crippen LogP contribution in [0.3, 0.4) is 0 Å². The lowest BCUT2D eigenvalue weighted by Gasteiger charge is -2.23. The first-order chi connectivity index (χ1) is 10.6. The fraction of sp³-hybridized carbons (Fsp3) is 0.947. The van der Waals surface area contributed by atoms with Crippen LogP contribution in [0.4, 0.5) is 0 Å². The molecule has 0 rings (SSSR count). The second kappa shape index (κ2) is 15.3. The van der Waals surface area contributed by atoms with E-state index >= 15 is 0 Å². The molecule has 3 heteroatoms. The average molecular weight is 314 g/mol. The molecule has 1 N–H and O–H groups in total. The highest BCUT2D eigenvalue weighted by atomic mass is 16.4. The molecule has 0 amide bonds. The molecule has 0 spiro atoms. The van der Waals surface area contributed by atoms with E-state index in [1.807, 2.05) is 11.9 Å². The molecule has 0 bridgehead atoms. The van der Waals surface area contributed by atoms with E-state index in [4.69, 9.17) is 5.11 Å². The van der Waals surface area contributed by atoms with Gasteiger partial charge in [0.15, 0.2) is 0 Å². The Hall–Kier alpha value is -0.570. The Morgan fingerprint density at radius 2 is 1.32 bits per heavy atom. The fourth-order valence-electron chi connectivity index (χ4n) is 3.14. The predicted octanol–water partition coefficient (Wildman–Crippen LogP) is 5.34. The van der Waals surface area contributed by atoms with E-state index in [0.717, 1.165) is 6.54 Å². The van der Waals surface area contributed by atoms with Gasteiger partial charge in [-0.05, 0) is 25.8 Å². The van der Waals surface area contributed by atoms with Gasteiger partial charge in [0, 0.05) is 6.54 Å². The highest BCUT2D eigenvalue weighted by Crippen LogP contribution is 2.19. The number of hydrogen-bond donors (Lipinski definition) is 1. The van der Waals surface area contributed by atoms with E-state index in [9.17, 15) is 4.79 Å². The van der Waals surface area contributed by atoms with E-state index in [2.05, 4.69) is 13.8 Å². The predicted molar refractivity (Wildman–Crippen MR) is 95.4 cm³/mol. The minimum absolute atomic E-state index is 0.169. The lowest BCUT2D eigenvalue weighted by atomic mass is 9.94. The van der Waals surface area contributed by atoms with E-state index in [1.54, 1.807) is 0 Å². The summed E-state index contributed by atoms with van der Waals surface area (Å²) in [7, 11) is 1.94. The Balaban J connectivity index is 3.96. The minimum atomic E-state index is -0.716. The Morgan fingerprint density at radius 3 is 1.82 bits per heavy atom. The molecule has 22 heavy (non-hydrogen) atoms. The van der Waals surface area contributed by atoms with E-state index in [1.165, 1.54) is 77.0 Å². The maximum atomic E-state index is 10.8. The van der Waals surface area contributed by atoms with Crippen molar-refractivity contribution in [2.24, 2.45) is 5.92 Å². The summed E-state index contributed by atoms with van der Waals surface area (Å²) in [5.41, 5.74) is 0. The SMILES string of the molecule is CCCCCCCCC(CCCCCC)CN(C)CC(=O)O. The van der Waals surface area contributed by atoms with E-state index in [0.29, 0.717) is 5.92 Å². The third kappa shape index (κ3) is 14.4. The molecule has 0 aliphatic carbocycles. The first kappa shape index (κ1) is 21.4. The molecule has 0 aliphatic heterocycles. The second-order valence-electron chi connectivity index (χ2n) is 6.86. The number of unbranched alkanes of at least 4 members (excludes halogenated alkanes) is 8. The first-order valence-corrected chi connectivity index (χ1v) is 9.50. The van der Waals surface area contributed by atoms with Gasteiger partial charge in [0.25, 0.3) is 0 Å². The maximum Gasteiger partial charge on any atom is 0.317 e. The largest absolute Gasteiger partial charge is 0.480 e. The molecule has 0 fully saturated rings. The molecule has 1 atom stereocenters. The molecule has 0 aromatic heterocycles. The summed E-state index contributed by atoms with van der Waals surface area (Å²) in [5.74, 6) is -0.0424. The van der Waals surface area contributed by atoms with Crippen molar-refractivity contribution in [2.45, 2.75) is 90.9 Å². The molecular weight excluding hydrogens is 274 g/mol. The molecule has 132 valence electrons. The van der Waals surface area contributed by atoms with Crippen LogP contribution in [0, 0.1) is 5.92 Å². The maximum absolute atomic E-state index is 10.8. The third-order valence-corrected chi connectivity index (χ3v) is 4.41. The van der Waals surface area contributed by atoms with Crippen molar-refractivity contribution in [3.05, 3.63) is 0 Å². The fourth-order valence-corrected chi connectivity index (χ4v) is 3.14. The van der Waals surface area contributed by atoms with E-state index in [-0.39, 0.29) is 6.54 Å². The van der Waals surface area contributed by atoms with Crippen LogP contribution in [-0.4, -0.2) is 36.1 Å². The number of carbonyl (C=O) groups is 1. The number of carboxylic acid groups (broad SMARTS) is 1. The van der Waals surface area contributed by atoms with Gasteiger partial charge in [0.2, 0.25) is 0 Å². The highest BCUT2D eigenvalue weighted by molar-refractivity contribution is 5.68. The molecule has 0 aliphatic rings. The van der Waals surface area contributed by atoms with Crippen molar-refractivity contribution < 1.29 is 9.90 Å². The van der Waals surface area contributed by atoms with Crippen molar-refractivity contribution in [2.75, 3.05) is 20.1 Å². The summed E-state index contributed by atoms with van der Waals surface area (Å²) in [6, 6.07) is 0. The molecule has 1 unspecified atom stereocenters. The van der Waals surface area contributed by atoms with Crippen molar-refractivity contribution in [3.8, 4) is 0 Å². The van der Waals surface area contributed by atoms with Crippen LogP contribution < -0.4 is 0 Å². The Morgan fingerprint density at radius 1 is 0.864 bits per heavy atom. The quantitative estimate of drug-likeness (QED) is 0.391. The molecular formula is C19H39NO2. The summed E-state index contributed by atoms with van der Waals surface area (Å²) in [4.78, 5) is 12.8. The van der Waals surface area contributed by atoms with Gasteiger partial charge < -0.3 is 5.11 Å². The Bertz CT molecular complexity index is 256. The van der Waals surface area contributed by atoms with Crippen LogP contribution in [0.1, 0.15) is 90.9 Å². The monoisotopic (exact) mass is 313 g/mol. The Labute approximate surface area is 138 Å². The van der Waals surface area contributed by atoms with Gasteiger partial charge in [0.05, 0.1) is 6.54 Å². The van der Waals surface area contributed by atoms with Gasteiger partial charge in [-0.2, -0.15) is 0 Å². The van der Waals surface area contributed by atoms with Gasteiger partial charge >= 0.3 is 5.97 Å². The third-order valence-electron chi connectivity index (χ3n) is 4.41. The zero-order valence-electron chi connectivity index (χ0n) is 15.3. The smallest absolute Gasteiger partial charge is 0.317 e. The number of hydrogen-bond acceptors (Lipinski definition) is 2. The van der Waals surface area contributed by atoms with Gasteiger partial charge in [-0.1, -0.05) is 78.1 Å². The number of nitrogens with zero attached hydrogens (tertiary/aromatic N) is 1. The van der Waals surface area contributed by atoms with Crippen LogP contribution in [0.5, 0.6) is 0 Å². The number of aliphatic carboxylic acids is 1. The van der Waals surface area contributed by atoms with Gasteiger partial charge in [-0.25, -0.2) is 0 Å². The van der Waals surface area contributed by atoms with Crippen LogP contribution in [0.2, 0.25) is 0 Å². The van der Waals surface area contributed by atoms with Crippen LogP contribution in [0.15, 0.2) is 0 Å². The first-order valence-electron chi connectivity index (χ1n) is 9.50. The van der Waals surface area contributed by atoms with Crippen LogP contribution >= 0.6 is 0 Å². The minimum Gasteiger partial charge on any atom is -0.480 e. The summed E-state index contributed by atoms with van der Waals surface area (Å²) in [6.07, 6.45) is 15.8. The highest BCUT2D eigenvalue weighted by Gasteiger charge is 2.13. The standard InChI is InChI=1S/C19H39NO2/c1-4-6-8-10-11-13-15-18(14-12-9-7-5-2)16-20(3)17-19(21)22/h18H,4-17H2,1-3H3,(H,21,22). The van der Waals surface area contributed by atoms with Crippen molar-refractivity contribution in [1.82, 2.24) is 4.90 Å². The lowest BCUT2D eigenvalue weighted by Crippen LogP contribution is -2.30. The van der Waals surface area contributed by atoms with Gasteiger partial charge in [-0.15, -0.1) is 0 Å². The molecule has 0 aromatic rings. The summed E-state index contributed by atoms with van der Waals surface area (Å²) in [5, 5.41) is 8.90. The molecule has 0 heterocycles. The number of carboxylic acids is 1. The molecule has 0 saturated carbocycles. The zero-order valence-corrected chi connectivity index (χ0v) is 15.3. The van der Waals surface area contributed by atoms with Gasteiger partial charge in [-0.3, -0.25) is 9.69 Å². The number of rotatable bonds is 16. The molecule has 3 nitrogen and oxygen atoms in total. The topological polar surface area (TPSA) is 40.5 Å². The lowest BCUT2D eigenvalue weighted by molar-refractivity contribution is -0.138. The van der Waals surface area contributed by atoms with Crippen molar-refractivity contribution >= 4 is 5.97 Å². The molecule has 0 aromatic carbocycles. The summed E-state index contributed by atoms with van der Waals surface area (Å²) >= 11 is 0. The van der Waals surface area contributed by atoms with Crippen molar-refractivity contribution in [1.29, 1.82) is 0 Å². The van der Waals surface area contributed by atoms with Crippen LogP contribution in [0.25, 0.3) is 0 Å². The summed E-state index contributed by atoms with van der Waals surface area (Å²) < 4.78 is 0. The average Bonchev–Trinajstić information content (AvgIpc) is 2.46.